The van der Waals surface area contributed by atoms with Gasteiger partial charge in [-0.15, -0.1) is 0 Å². The second-order valence-corrected chi connectivity index (χ2v) is 10.9. The summed E-state index contributed by atoms with van der Waals surface area (Å²) >= 11 is 0. The lowest BCUT2D eigenvalue weighted by Gasteiger charge is -2.16. The molecule has 7 nitrogen and oxygen atoms in total. The van der Waals surface area contributed by atoms with Crippen LogP contribution in [0.1, 0.15) is 49.1 Å². The van der Waals surface area contributed by atoms with Gasteiger partial charge in [-0.1, -0.05) is 18.2 Å². The SMILES string of the molecule is O=C(CCNS(=O)(=O)c1ccc2c(c1)CCCC2)Nc1ccc(-c2cn3c(n2)CCCC3)cc1. The Labute approximate surface area is 200 Å². The van der Waals surface area contributed by atoms with E-state index in [2.05, 4.69) is 20.8 Å². The van der Waals surface area contributed by atoms with Crippen molar-refractivity contribution in [2.75, 3.05) is 11.9 Å². The van der Waals surface area contributed by atoms with Gasteiger partial charge in [-0.2, -0.15) is 0 Å². The first kappa shape index (κ1) is 22.8. The quantitative estimate of drug-likeness (QED) is 0.535. The third kappa shape index (κ3) is 5.08. The molecule has 1 aromatic heterocycles. The molecular formula is C26H30N4O3S. The fourth-order valence-corrected chi connectivity index (χ4v) is 5.84. The molecule has 0 atom stereocenters. The van der Waals surface area contributed by atoms with Gasteiger partial charge in [0.2, 0.25) is 15.9 Å². The topological polar surface area (TPSA) is 93.1 Å². The minimum absolute atomic E-state index is 0.0452. The molecule has 0 bridgehead atoms. The zero-order valence-electron chi connectivity index (χ0n) is 19.2. The highest BCUT2D eigenvalue weighted by atomic mass is 32.2. The number of fused-ring (bicyclic) bond motifs is 2. The summed E-state index contributed by atoms with van der Waals surface area (Å²) in [5, 5.41) is 2.84. The van der Waals surface area contributed by atoms with Crippen LogP contribution in [0.25, 0.3) is 11.3 Å². The van der Waals surface area contributed by atoms with E-state index in [1.54, 1.807) is 12.1 Å². The molecule has 2 aliphatic rings. The summed E-state index contributed by atoms with van der Waals surface area (Å²) in [7, 11) is -3.64. The van der Waals surface area contributed by atoms with Gasteiger partial charge >= 0.3 is 0 Å². The summed E-state index contributed by atoms with van der Waals surface area (Å²) in [6.45, 7) is 1.07. The molecule has 34 heavy (non-hydrogen) atoms. The second-order valence-electron chi connectivity index (χ2n) is 9.10. The van der Waals surface area contributed by atoms with Gasteiger partial charge in [0.05, 0.1) is 10.6 Å². The van der Waals surface area contributed by atoms with Crippen LogP contribution in [0, 0.1) is 0 Å². The molecule has 1 amide bonds. The molecular weight excluding hydrogens is 448 g/mol. The van der Waals surface area contributed by atoms with Crippen LogP contribution in [0.15, 0.2) is 53.6 Å². The van der Waals surface area contributed by atoms with E-state index in [0.717, 1.165) is 61.3 Å². The molecule has 178 valence electrons. The number of carbonyl (C=O) groups excluding carboxylic acids is 1. The van der Waals surface area contributed by atoms with Crippen LogP contribution in [0.4, 0.5) is 5.69 Å². The smallest absolute Gasteiger partial charge is 0.240 e. The van der Waals surface area contributed by atoms with Gasteiger partial charge in [0.25, 0.3) is 0 Å². The summed E-state index contributed by atoms with van der Waals surface area (Å²) in [6, 6.07) is 12.9. The zero-order valence-corrected chi connectivity index (χ0v) is 20.0. The van der Waals surface area contributed by atoms with Crippen LogP contribution in [0.3, 0.4) is 0 Å². The number of anilines is 1. The summed E-state index contributed by atoms with van der Waals surface area (Å²) in [6.07, 6.45) is 9.72. The van der Waals surface area contributed by atoms with Crippen molar-refractivity contribution < 1.29 is 13.2 Å². The monoisotopic (exact) mass is 478 g/mol. The van der Waals surface area contributed by atoms with Crippen molar-refractivity contribution in [3.05, 3.63) is 65.6 Å². The third-order valence-corrected chi connectivity index (χ3v) is 8.11. The Balaban J connectivity index is 1.14. The fourth-order valence-electron chi connectivity index (χ4n) is 4.76. The normalized spacial score (nSPS) is 15.4. The number of nitrogens with zero attached hydrogens (tertiary/aromatic N) is 2. The summed E-state index contributed by atoms with van der Waals surface area (Å²) in [5.74, 6) is 0.898. The molecule has 8 heteroatoms. The molecule has 5 rings (SSSR count). The van der Waals surface area contributed by atoms with Crippen LogP contribution in [0.5, 0.6) is 0 Å². The Hall–Kier alpha value is -2.97. The number of sulfonamides is 1. The predicted octanol–water partition coefficient (Wildman–Crippen LogP) is 4.07. The van der Waals surface area contributed by atoms with E-state index in [9.17, 15) is 13.2 Å². The van der Waals surface area contributed by atoms with Crippen molar-refractivity contribution in [3.63, 3.8) is 0 Å². The largest absolute Gasteiger partial charge is 0.334 e. The molecule has 0 radical (unpaired) electrons. The van der Waals surface area contributed by atoms with Crippen molar-refractivity contribution in [1.82, 2.24) is 14.3 Å². The Morgan fingerprint density at radius 2 is 1.71 bits per heavy atom. The van der Waals surface area contributed by atoms with Crippen LogP contribution < -0.4 is 10.0 Å². The number of rotatable bonds is 7. The lowest BCUT2D eigenvalue weighted by molar-refractivity contribution is -0.116. The van der Waals surface area contributed by atoms with Gasteiger partial charge in [0.1, 0.15) is 5.82 Å². The van der Waals surface area contributed by atoms with Gasteiger partial charge in [0.15, 0.2) is 0 Å². The molecule has 0 saturated carbocycles. The first-order chi connectivity index (χ1) is 16.5. The number of carbonyl (C=O) groups is 1. The summed E-state index contributed by atoms with van der Waals surface area (Å²) in [4.78, 5) is 17.4. The molecule has 0 unspecified atom stereocenters. The van der Waals surface area contributed by atoms with Crippen LogP contribution >= 0.6 is 0 Å². The average Bonchev–Trinajstić information content (AvgIpc) is 3.28. The van der Waals surface area contributed by atoms with Crippen LogP contribution in [-0.2, 0) is 40.6 Å². The Kier molecular flexibility index (Phi) is 6.52. The highest BCUT2D eigenvalue weighted by Gasteiger charge is 2.18. The van der Waals surface area contributed by atoms with E-state index in [0.29, 0.717) is 5.69 Å². The van der Waals surface area contributed by atoms with Gasteiger partial charge in [-0.3, -0.25) is 4.79 Å². The molecule has 2 aromatic carbocycles. The minimum Gasteiger partial charge on any atom is -0.334 e. The average molecular weight is 479 g/mol. The van der Waals surface area contributed by atoms with Crippen molar-refractivity contribution in [2.24, 2.45) is 0 Å². The van der Waals surface area contributed by atoms with Crippen molar-refractivity contribution in [3.8, 4) is 11.3 Å². The molecule has 1 aliphatic carbocycles. The van der Waals surface area contributed by atoms with Crippen molar-refractivity contribution in [1.29, 1.82) is 0 Å². The molecule has 2 N–H and O–H groups in total. The fraction of sp³-hybridized carbons (Fsp3) is 0.385. The predicted molar refractivity (Wildman–Crippen MR) is 132 cm³/mol. The second kappa shape index (κ2) is 9.72. The number of hydrogen-bond donors (Lipinski definition) is 2. The Morgan fingerprint density at radius 1 is 0.941 bits per heavy atom. The first-order valence-electron chi connectivity index (χ1n) is 12.1. The lowest BCUT2D eigenvalue weighted by Crippen LogP contribution is -2.28. The zero-order chi connectivity index (χ0) is 23.5. The number of benzene rings is 2. The maximum atomic E-state index is 12.7. The van der Waals surface area contributed by atoms with Crippen LogP contribution in [0.2, 0.25) is 0 Å². The Morgan fingerprint density at radius 3 is 2.50 bits per heavy atom. The highest BCUT2D eigenvalue weighted by Crippen LogP contribution is 2.25. The Bertz CT molecular complexity index is 1270. The molecule has 1 aliphatic heterocycles. The number of nitrogens with one attached hydrogen (secondary N) is 2. The molecule has 0 saturated heterocycles. The number of aromatic nitrogens is 2. The number of hydrogen-bond acceptors (Lipinski definition) is 4. The minimum atomic E-state index is -3.64. The van der Waals surface area contributed by atoms with E-state index >= 15 is 0 Å². The van der Waals surface area contributed by atoms with Crippen molar-refractivity contribution >= 4 is 21.6 Å². The maximum Gasteiger partial charge on any atom is 0.240 e. The number of imidazole rings is 1. The van der Waals surface area contributed by atoms with Gasteiger partial charge < -0.3 is 9.88 Å². The van der Waals surface area contributed by atoms with Crippen LogP contribution in [-0.4, -0.2) is 30.4 Å². The lowest BCUT2D eigenvalue weighted by atomic mass is 9.92. The number of amides is 1. The number of aryl methyl sites for hydroxylation is 4. The van der Waals surface area contributed by atoms with E-state index in [1.807, 2.05) is 30.3 Å². The van der Waals surface area contributed by atoms with Gasteiger partial charge in [-0.05, 0) is 73.9 Å². The summed E-state index contributed by atoms with van der Waals surface area (Å²) < 4.78 is 30.1. The molecule has 0 fully saturated rings. The highest BCUT2D eigenvalue weighted by molar-refractivity contribution is 7.89. The molecule has 0 spiro atoms. The van der Waals surface area contributed by atoms with Gasteiger partial charge in [0, 0.05) is 43.4 Å². The van der Waals surface area contributed by atoms with E-state index < -0.39 is 10.0 Å². The molecule has 3 aromatic rings. The van der Waals surface area contributed by atoms with E-state index in [-0.39, 0.29) is 23.8 Å². The van der Waals surface area contributed by atoms with E-state index in [1.165, 1.54) is 18.4 Å². The maximum absolute atomic E-state index is 12.7. The molecule has 2 heterocycles. The van der Waals surface area contributed by atoms with E-state index in [4.69, 9.17) is 4.98 Å². The standard InChI is InChI=1S/C26H30N4O3S/c31-26(14-15-27-34(32,33)23-13-10-19-5-1-2-6-21(19)17-23)28-22-11-8-20(9-12-22)24-18-30-16-4-3-7-25(30)29-24/h8-13,17-18,27H,1-7,14-16H2,(H,28,31). The van der Waals surface area contributed by atoms with Crippen molar-refractivity contribution in [2.45, 2.75) is 62.8 Å². The summed E-state index contributed by atoms with van der Waals surface area (Å²) in [5.41, 5.74) is 4.99. The third-order valence-electron chi connectivity index (χ3n) is 6.65. The first-order valence-corrected chi connectivity index (χ1v) is 13.5. The van der Waals surface area contributed by atoms with Gasteiger partial charge in [-0.25, -0.2) is 18.1 Å².